The third-order valence-electron chi connectivity index (χ3n) is 2.79. The van der Waals surface area contributed by atoms with E-state index >= 15 is 0 Å². The van der Waals surface area contributed by atoms with Gasteiger partial charge in [0, 0.05) is 6.54 Å². The fraction of sp³-hybridized carbons (Fsp3) is 0.375. The predicted octanol–water partition coefficient (Wildman–Crippen LogP) is -0.0410. The van der Waals surface area contributed by atoms with Gasteiger partial charge in [-0.2, -0.15) is 0 Å². The molecule has 0 bridgehead atoms. The van der Waals surface area contributed by atoms with Gasteiger partial charge in [-0.15, -0.1) is 0 Å². The number of urea groups is 1. The highest BCUT2D eigenvalue weighted by atomic mass is 16.5. The molecule has 4 amide bonds. The number of carbonyl (C=O) groups excluding carboxylic acids is 4. The van der Waals surface area contributed by atoms with Gasteiger partial charge in [0.05, 0.1) is 0 Å². The maximum Gasteiger partial charge on any atom is 0.326 e. The SMILES string of the molecule is CCNC(=O)NC(=O)C(C)OC(=O)CNC(=O)COc1ccccc1. The first kappa shape index (κ1) is 19.9. The number of rotatable bonds is 8. The molecule has 1 atom stereocenters. The predicted molar refractivity (Wildman–Crippen MR) is 87.7 cm³/mol. The number of benzene rings is 1. The Morgan fingerprint density at radius 2 is 1.76 bits per heavy atom. The molecule has 0 aliphatic carbocycles. The molecule has 0 aliphatic rings. The zero-order valence-corrected chi connectivity index (χ0v) is 14.0. The average Bonchev–Trinajstić information content (AvgIpc) is 2.59. The molecule has 9 heteroatoms. The van der Waals surface area contributed by atoms with Crippen molar-refractivity contribution in [1.29, 1.82) is 0 Å². The van der Waals surface area contributed by atoms with Gasteiger partial charge >= 0.3 is 12.0 Å². The minimum absolute atomic E-state index is 0.259. The number of carbonyl (C=O) groups is 4. The number of nitrogens with one attached hydrogen (secondary N) is 3. The molecule has 9 nitrogen and oxygen atoms in total. The highest BCUT2D eigenvalue weighted by Gasteiger charge is 2.20. The summed E-state index contributed by atoms with van der Waals surface area (Å²) in [5.74, 6) is -1.57. The molecule has 25 heavy (non-hydrogen) atoms. The van der Waals surface area contributed by atoms with Crippen LogP contribution in [0.25, 0.3) is 0 Å². The number of hydrogen-bond acceptors (Lipinski definition) is 6. The van der Waals surface area contributed by atoms with Crippen molar-refractivity contribution < 1.29 is 28.7 Å². The zero-order valence-electron chi connectivity index (χ0n) is 14.0. The average molecular weight is 351 g/mol. The van der Waals surface area contributed by atoms with Crippen LogP contribution >= 0.6 is 0 Å². The quantitative estimate of drug-likeness (QED) is 0.565. The molecule has 1 aromatic carbocycles. The minimum Gasteiger partial charge on any atom is -0.484 e. The molecule has 0 aromatic heterocycles. The Balaban J connectivity index is 2.25. The summed E-state index contributed by atoms with van der Waals surface area (Å²) in [6.45, 7) is 2.68. The van der Waals surface area contributed by atoms with E-state index in [0.29, 0.717) is 12.3 Å². The Morgan fingerprint density at radius 1 is 1.08 bits per heavy atom. The first-order chi connectivity index (χ1) is 11.9. The van der Waals surface area contributed by atoms with Gasteiger partial charge in [0.15, 0.2) is 12.7 Å². The molecule has 1 unspecified atom stereocenters. The lowest BCUT2D eigenvalue weighted by Crippen LogP contribution is -2.45. The topological polar surface area (TPSA) is 123 Å². The van der Waals surface area contributed by atoms with Gasteiger partial charge in [0.1, 0.15) is 12.3 Å². The summed E-state index contributed by atoms with van der Waals surface area (Å²) in [7, 11) is 0. The summed E-state index contributed by atoms with van der Waals surface area (Å²) in [5, 5.41) is 6.69. The Kier molecular flexibility index (Phi) is 8.48. The van der Waals surface area contributed by atoms with Gasteiger partial charge in [0.25, 0.3) is 11.8 Å². The van der Waals surface area contributed by atoms with E-state index in [2.05, 4.69) is 10.6 Å². The molecule has 0 heterocycles. The first-order valence-corrected chi connectivity index (χ1v) is 7.65. The minimum atomic E-state index is -1.17. The van der Waals surface area contributed by atoms with Gasteiger partial charge in [0.2, 0.25) is 0 Å². The normalized spacial score (nSPS) is 11.0. The molecule has 0 radical (unpaired) electrons. The first-order valence-electron chi connectivity index (χ1n) is 7.65. The smallest absolute Gasteiger partial charge is 0.326 e. The lowest BCUT2D eigenvalue weighted by atomic mass is 10.3. The summed E-state index contributed by atoms with van der Waals surface area (Å²) >= 11 is 0. The molecule has 3 N–H and O–H groups in total. The highest BCUT2D eigenvalue weighted by molar-refractivity contribution is 5.97. The maximum atomic E-state index is 11.6. The summed E-state index contributed by atoms with van der Waals surface area (Å²) in [5.41, 5.74) is 0. The van der Waals surface area contributed by atoms with Crippen molar-refractivity contribution in [1.82, 2.24) is 16.0 Å². The van der Waals surface area contributed by atoms with Gasteiger partial charge in [-0.05, 0) is 26.0 Å². The number of para-hydroxylation sites is 1. The van der Waals surface area contributed by atoms with Crippen molar-refractivity contribution in [3.8, 4) is 5.75 Å². The van der Waals surface area contributed by atoms with Crippen LogP contribution in [0.3, 0.4) is 0 Å². The molecule has 0 aliphatic heterocycles. The second-order valence-electron chi connectivity index (χ2n) is 4.86. The van der Waals surface area contributed by atoms with Crippen LogP contribution in [0.5, 0.6) is 5.75 Å². The molecular formula is C16H21N3O6. The van der Waals surface area contributed by atoms with Gasteiger partial charge in [-0.25, -0.2) is 4.79 Å². The molecule has 1 rings (SSSR count). The Bertz CT molecular complexity index is 605. The number of esters is 1. The van der Waals surface area contributed by atoms with Gasteiger partial charge in [-0.3, -0.25) is 19.7 Å². The van der Waals surface area contributed by atoms with E-state index in [1.165, 1.54) is 6.92 Å². The van der Waals surface area contributed by atoms with Crippen LogP contribution in [0.4, 0.5) is 4.79 Å². The largest absolute Gasteiger partial charge is 0.484 e. The Morgan fingerprint density at radius 3 is 2.40 bits per heavy atom. The molecule has 0 fully saturated rings. The van der Waals surface area contributed by atoms with Crippen molar-refractivity contribution in [2.45, 2.75) is 20.0 Å². The molecule has 0 saturated carbocycles. The third kappa shape index (κ3) is 8.35. The Labute approximate surface area is 145 Å². The van der Waals surface area contributed by atoms with Crippen LogP contribution < -0.4 is 20.7 Å². The number of ether oxygens (including phenoxy) is 2. The van der Waals surface area contributed by atoms with Gasteiger partial charge < -0.3 is 20.1 Å². The monoisotopic (exact) mass is 351 g/mol. The van der Waals surface area contributed by atoms with E-state index in [1.807, 2.05) is 11.4 Å². The van der Waals surface area contributed by atoms with Crippen LogP contribution in [0, 0.1) is 0 Å². The van der Waals surface area contributed by atoms with Crippen molar-refractivity contribution >= 4 is 23.8 Å². The van der Waals surface area contributed by atoms with Crippen molar-refractivity contribution in [3.05, 3.63) is 30.3 Å². The summed E-state index contributed by atoms with van der Waals surface area (Å²) in [6, 6.07) is 8.04. The van der Waals surface area contributed by atoms with Crippen LogP contribution in [0.1, 0.15) is 13.8 Å². The molecule has 0 spiro atoms. The number of hydrogen-bond donors (Lipinski definition) is 3. The van der Waals surface area contributed by atoms with E-state index in [9.17, 15) is 19.2 Å². The lowest BCUT2D eigenvalue weighted by Gasteiger charge is -2.13. The van der Waals surface area contributed by atoms with E-state index in [4.69, 9.17) is 9.47 Å². The van der Waals surface area contributed by atoms with Crippen molar-refractivity contribution in [2.75, 3.05) is 19.7 Å². The molecular weight excluding hydrogens is 330 g/mol. The van der Waals surface area contributed by atoms with Crippen molar-refractivity contribution in [3.63, 3.8) is 0 Å². The van der Waals surface area contributed by atoms with Gasteiger partial charge in [-0.1, -0.05) is 18.2 Å². The van der Waals surface area contributed by atoms with Crippen LogP contribution in [0.15, 0.2) is 30.3 Å². The summed E-state index contributed by atoms with van der Waals surface area (Å²) in [4.78, 5) is 46.0. The Hall–Kier alpha value is -3.10. The fourth-order valence-corrected chi connectivity index (χ4v) is 1.60. The summed E-state index contributed by atoms with van der Waals surface area (Å²) < 4.78 is 10.0. The molecule has 136 valence electrons. The van der Waals surface area contributed by atoms with Crippen LogP contribution in [0.2, 0.25) is 0 Å². The summed E-state index contributed by atoms with van der Waals surface area (Å²) in [6.07, 6.45) is -1.17. The fourth-order valence-electron chi connectivity index (χ4n) is 1.60. The zero-order chi connectivity index (χ0) is 18.7. The second kappa shape index (κ2) is 10.6. The van der Waals surface area contributed by atoms with Crippen LogP contribution in [-0.2, 0) is 19.1 Å². The molecule has 0 saturated heterocycles. The lowest BCUT2D eigenvalue weighted by molar-refractivity contribution is -0.154. The van der Waals surface area contributed by atoms with E-state index in [-0.39, 0.29) is 6.61 Å². The third-order valence-corrected chi connectivity index (χ3v) is 2.79. The number of amides is 4. The maximum absolute atomic E-state index is 11.6. The van der Waals surface area contributed by atoms with Crippen LogP contribution in [-0.4, -0.2) is 49.6 Å². The van der Waals surface area contributed by atoms with E-state index in [1.54, 1.807) is 31.2 Å². The van der Waals surface area contributed by atoms with Crippen molar-refractivity contribution in [2.24, 2.45) is 0 Å². The second-order valence-corrected chi connectivity index (χ2v) is 4.86. The standard InChI is InChI=1S/C16H21N3O6/c1-3-17-16(23)19-15(22)11(2)25-14(21)9-18-13(20)10-24-12-7-5-4-6-8-12/h4-8,11H,3,9-10H2,1-2H3,(H,18,20)(H2,17,19,22,23). The van der Waals surface area contributed by atoms with E-state index in [0.717, 1.165) is 0 Å². The van der Waals surface area contributed by atoms with E-state index < -0.39 is 36.5 Å². The molecule has 1 aromatic rings. The highest BCUT2D eigenvalue weighted by Crippen LogP contribution is 2.07. The number of imide groups is 1.